The maximum atomic E-state index is 14.1. The number of nitrogens with zero attached hydrogens (tertiary/aromatic N) is 5. The van der Waals surface area contributed by atoms with Crippen LogP contribution in [-0.2, 0) is 17.8 Å². The predicted molar refractivity (Wildman–Crippen MR) is 182 cm³/mol. The fraction of sp³-hybridized carbons (Fsp3) is 0.368. The second kappa shape index (κ2) is 14.4. The highest BCUT2D eigenvalue weighted by Gasteiger charge is 2.43. The van der Waals surface area contributed by atoms with Gasteiger partial charge in [0.05, 0.1) is 18.3 Å². The molecule has 10 nitrogen and oxygen atoms in total. The molecule has 0 radical (unpaired) electrons. The van der Waals surface area contributed by atoms with Crippen molar-refractivity contribution in [1.29, 1.82) is 0 Å². The molecule has 0 aliphatic carbocycles. The fourth-order valence-electron chi connectivity index (χ4n) is 7.20. The lowest BCUT2D eigenvalue weighted by atomic mass is 10.1. The largest absolute Gasteiger partial charge is 0.493 e. The van der Waals surface area contributed by atoms with E-state index < -0.39 is 6.04 Å². The molecular weight excluding hydrogens is 604 g/mol. The van der Waals surface area contributed by atoms with Crippen LogP contribution in [0, 0.1) is 0 Å². The fourth-order valence-corrected chi connectivity index (χ4v) is 7.20. The first kappa shape index (κ1) is 31.6. The van der Waals surface area contributed by atoms with Crippen molar-refractivity contribution in [3.05, 3.63) is 114 Å². The van der Waals surface area contributed by atoms with E-state index in [-0.39, 0.29) is 23.8 Å². The minimum absolute atomic E-state index is 0.0747. The normalized spacial score (nSPS) is 20.5. The van der Waals surface area contributed by atoms with Gasteiger partial charge in [-0.25, -0.2) is 4.68 Å². The van der Waals surface area contributed by atoms with Crippen molar-refractivity contribution < 1.29 is 19.1 Å². The number of carbonyl (C=O) groups is 3. The lowest BCUT2D eigenvalue weighted by Gasteiger charge is -2.31. The van der Waals surface area contributed by atoms with Gasteiger partial charge in [0.15, 0.2) is 0 Å². The van der Waals surface area contributed by atoms with Gasteiger partial charge < -0.3 is 19.9 Å². The van der Waals surface area contributed by atoms with Crippen LogP contribution in [0.3, 0.4) is 0 Å². The Morgan fingerprint density at radius 2 is 1.71 bits per heavy atom. The summed E-state index contributed by atoms with van der Waals surface area (Å²) in [5, 5.41) is 7.50. The number of carbonyl (C=O) groups excluding carboxylic acids is 3. The molecule has 7 rings (SSSR count). The number of hydrogen-bond acceptors (Lipinski definition) is 6. The summed E-state index contributed by atoms with van der Waals surface area (Å²) in [5.74, 6) is 0.387. The van der Waals surface area contributed by atoms with Gasteiger partial charge in [0.2, 0.25) is 5.91 Å². The van der Waals surface area contributed by atoms with Gasteiger partial charge in [0, 0.05) is 62.7 Å². The van der Waals surface area contributed by atoms with Crippen molar-refractivity contribution >= 4 is 17.7 Å². The van der Waals surface area contributed by atoms with Crippen LogP contribution in [0.1, 0.15) is 57.5 Å². The molecule has 4 heterocycles. The summed E-state index contributed by atoms with van der Waals surface area (Å²) >= 11 is 0. The Morgan fingerprint density at radius 1 is 0.854 bits per heavy atom. The number of aromatic nitrogens is 2. The number of benzene rings is 3. The third-order valence-electron chi connectivity index (χ3n) is 9.66. The van der Waals surface area contributed by atoms with Crippen molar-refractivity contribution in [3.63, 3.8) is 0 Å². The van der Waals surface area contributed by atoms with Crippen LogP contribution in [0.2, 0.25) is 0 Å². The monoisotopic (exact) mass is 646 g/mol. The van der Waals surface area contributed by atoms with Gasteiger partial charge in [-0.3, -0.25) is 19.3 Å². The van der Waals surface area contributed by atoms with Crippen LogP contribution in [0.5, 0.6) is 5.75 Å². The highest BCUT2D eigenvalue weighted by molar-refractivity contribution is 5.99. The molecule has 10 heteroatoms. The third kappa shape index (κ3) is 6.99. The molecule has 1 N–H and O–H groups in total. The van der Waals surface area contributed by atoms with Crippen molar-refractivity contribution in [2.75, 3.05) is 39.3 Å². The number of fused-ring (bicyclic) bond motifs is 3. The summed E-state index contributed by atoms with van der Waals surface area (Å²) in [5.41, 5.74) is 4.37. The molecule has 0 unspecified atom stereocenters. The van der Waals surface area contributed by atoms with Crippen LogP contribution in [0.15, 0.2) is 91.3 Å². The first-order valence-electron chi connectivity index (χ1n) is 17.1. The standard InChI is InChI=1S/C38H42N6O4/c45-36-34-25-33(27-43(34)38(47)31-13-14-35-30(24-31)15-22-48-35)42(37(46)29-10-2-1-3-11-29)20-8-19-41(18-5-4-16-39-36)26-28-9-6-12-32(23-28)44-21-7-17-40-44/h1-3,6-7,9-14,17,21,23-24,33-34H,4-5,8,15-16,18-20,22,25-27H2,(H,39,45)/t33-,34-/m0/s1. The molecule has 48 heavy (non-hydrogen) atoms. The van der Waals surface area contributed by atoms with Crippen LogP contribution < -0.4 is 10.1 Å². The van der Waals surface area contributed by atoms with Crippen molar-refractivity contribution in [2.24, 2.45) is 0 Å². The highest BCUT2D eigenvalue weighted by atomic mass is 16.5. The van der Waals surface area contributed by atoms with Gasteiger partial charge in [0.1, 0.15) is 11.8 Å². The molecule has 0 saturated carbocycles. The molecule has 3 aliphatic heterocycles. The second-order valence-corrected chi connectivity index (χ2v) is 12.9. The average molecular weight is 647 g/mol. The Morgan fingerprint density at radius 3 is 2.56 bits per heavy atom. The van der Waals surface area contributed by atoms with Gasteiger partial charge in [-0.2, -0.15) is 5.10 Å². The smallest absolute Gasteiger partial charge is 0.254 e. The topological polar surface area (TPSA) is 100 Å². The Kier molecular flexibility index (Phi) is 9.51. The molecule has 2 atom stereocenters. The Labute approximate surface area is 281 Å². The summed E-state index contributed by atoms with van der Waals surface area (Å²) < 4.78 is 7.52. The molecule has 2 bridgehead atoms. The summed E-state index contributed by atoms with van der Waals surface area (Å²) in [6.45, 7) is 4.42. The summed E-state index contributed by atoms with van der Waals surface area (Å²) in [7, 11) is 0. The maximum Gasteiger partial charge on any atom is 0.254 e. The van der Waals surface area contributed by atoms with Crippen LogP contribution in [-0.4, -0.2) is 93.6 Å². The van der Waals surface area contributed by atoms with Gasteiger partial charge in [-0.15, -0.1) is 0 Å². The molecule has 4 aromatic rings. The molecule has 3 amide bonds. The van der Waals surface area contributed by atoms with E-state index in [9.17, 15) is 14.4 Å². The van der Waals surface area contributed by atoms with Crippen molar-refractivity contribution in [1.82, 2.24) is 29.8 Å². The van der Waals surface area contributed by atoms with E-state index in [1.165, 1.54) is 5.56 Å². The summed E-state index contributed by atoms with van der Waals surface area (Å²) in [6.07, 6.45) is 7.39. The van der Waals surface area contributed by atoms with E-state index in [2.05, 4.69) is 39.6 Å². The number of hydrogen-bond donors (Lipinski definition) is 1. The molecule has 248 valence electrons. The van der Waals surface area contributed by atoms with Crippen molar-refractivity contribution in [3.8, 4) is 11.4 Å². The van der Waals surface area contributed by atoms with Gasteiger partial charge in [0.25, 0.3) is 11.8 Å². The second-order valence-electron chi connectivity index (χ2n) is 12.9. The minimum atomic E-state index is -0.653. The van der Waals surface area contributed by atoms with E-state index in [1.807, 2.05) is 64.3 Å². The zero-order valence-corrected chi connectivity index (χ0v) is 27.2. The van der Waals surface area contributed by atoms with Gasteiger partial charge in [-0.1, -0.05) is 30.3 Å². The summed E-state index contributed by atoms with van der Waals surface area (Å²) in [4.78, 5) is 47.9. The number of ether oxygens (including phenoxy) is 1. The van der Waals surface area contributed by atoms with Crippen LogP contribution >= 0.6 is 0 Å². The van der Waals surface area contributed by atoms with E-state index in [4.69, 9.17) is 4.74 Å². The Hall–Kier alpha value is -4.96. The average Bonchev–Trinajstić information content (AvgIpc) is 3.91. The van der Waals surface area contributed by atoms with E-state index in [0.717, 1.165) is 62.3 Å². The molecule has 3 aromatic carbocycles. The molecule has 3 aliphatic rings. The Balaban J connectivity index is 1.13. The molecule has 0 spiro atoms. The number of amides is 3. The van der Waals surface area contributed by atoms with E-state index in [0.29, 0.717) is 43.8 Å². The first-order valence-corrected chi connectivity index (χ1v) is 17.1. The maximum absolute atomic E-state index is 14.1. The third-order valence-corrected chi connectivity index (χ3v) is 9.66. The summed E-state index contributed by atoms with van der Waals surface area (Å²) in [6, 6.07) is 24.2. The molecule has 1 aromatic heterocycles. The van der Waals surface area contributed by atoms with Crippen LogP contribution in [0.25, 0.3) is 5.69 Å². The van der Waals surface area contributed by atoms with E-state index in [1.54, 1.807) is 17.2 Å². The zero-order valence-electron chi connectivity index (χ0n) is 27.2. The first-order chi connectivity index (χ1) is 23.5. The number of nitrogens with one attached hydrogen (secondary N) is 1. The predicted octanol–water partition coefficient (Wildman–Crippen LogP) is 4.34. The van der Waals surface area contributed by atoms with Gasteiger partial charge >= 0.3 is 0 Å². The Bertz CT molecular complexity index is 1740. The number of likely N-dealkylation sites (tertiary alicyclic amines) is 1. The quantitative estimate of drug-likeness (QED) is 0.347. The molecule has 2 saturated heterocycles. The lowest BCUT2D eigenvalue weighted by molar-refractivity contribution is -0.124. The molecule has 2 fully saturated rings. The van der Waals surface area contributed by atoms with Gasteiger partial charge in [-0.05, 0) is 91.9 Å². The highest BCUT2D eigenvalue weighted by Crippen LogP contribution is 2.30. The lowest BCUT2D eigenvalue weighted by Crippen LogP contribution is -2.46. The molecular formula is C38H42N6O4. The van der Waals surface area contributed by atoms with E-state index >= 15 is 0 Å². The minimum Gasteiger partial charge on any atom is -0.493 e. The zero-order chi connectivity index (χ0) is 32.9. The number of rotatable bonds is 5. The van der Waals surface area contributed by atoms with Crippen molar-refractivity contribution in [2.45, 2.75) is 50.7 Å². The van der Waals surface area contributed by atoms with Crippen LogP contribution in [0.4, 0.5) is 0 Å². The SMILES string of the molecule is O=C1NCCCCN(Cc2cccc(-n3cccn3)c2)CCCN(C(=O)c2ccccc2)[C@H]2C[C@@H]1N(C(=O)c1ccc3c(c1)CCO3)C2.